The first-order valence-corrected chi connectivity index (χ1v) is 8.70. The highest BCUT2D eigenvalue weighted by atomic mass is 16.5. The number of aromatic carboxylic acids is 1. The molecular weight excluding hydrogens is 348 g/mol. The van der Waals surface area contributed by atoms with E-state index >= 15 is 0 Å². The summed E-state index contributed by atoms with van der Waals surface area (Å²) in [6, 6.07) is 12.2. The Labute approximate surface area is 155 Å². The second-order valence-electron chi connectivity index (χ2n) is 6.65. The van der Waals surface area contributed by atoms with E-state index < -0.39 is 18.0 Å². The van der Waals surface area contributed by atoms with Crippen LogP contribution in [0.3, 0.4) is 0 Å². The van der Waals surface area contributed by atoms with Crippen LogP contribution in [0.5, 0.6) is 5.75 Å². The van der Waals surface area contributed by atoms with Crippen molar-refractivity contribution >= 4 is 23.5 Å². The number of hydrogen-bond donors (Lipinski definition) is 2. The van der Waals surface area contributed by atoms with Gasteiger partial charge in [0.2, 0.25) is 5.91 Å². The van der Waals surface area contributed by atoms with Gasteiger partial charge in [-0.2, -0.15) is 0 Å². The molecule has 2 N–H and O–H groups in total. The fourth-order valence-corrected chi connectivity index (χ4v) is 3.41. The van der Waals surface area contributed by atoms with Crippen molar-refractivity contribution in [2.75, 3.05) is 11.9 Å². The molecule has 0 radical (unpaired) electrons. The van der Waals surface area contributed by atoms with Gasteiger partial charge in [0.1, 0.15) is 5.75 Å². The minimum Gasteiger partial charge on any atom is -0.478 e. The molecule has 2 aliphatic heterocycles. The van der Waals surface area contributed by atoms with Crippen molar-refractivity contribution in [3.8, 4) is 5.75 Å². The van der Waals surface area contributed by atoms with Crippen molar-refractivity contribution in [2.24, 2.45) is 0 Å². The summed E-state index contributed by atoms with van der Waals surface area (Å²) in [4.78, 5) is 37.8. The van der Waals surface area contributed by atoms with Crippen LogP contribution in [0.2, 0.25) is 0 Å². The molecular formula is C20H18N2O5. The van der Waals surface area contributed by atoms with E-state index in [-0.39, 0.29) is 23.6 Å². The zero-order chi connectivity index (χ0) is 19.0. The fraction of sp³-hybridized carbons (Fsp3) is 0.250. The maximum atomic E-state index is 12.7. The van der Waals surface area contributed by atoms with E-state index in [0.29, 0.717) is 18.8 Å². The van der Waals surface area contributed by atoms with Gasteiger partial charge in [-0.15, -0.1) is 0 Å². The van der Waals surface area contributed by atoms with Crippen LogP contribution in [0.15, 0.2) is 42.5 Å². The second kappa shape index (κ2) is 6.75. The summed E-state index contributed by atoms with van der Waals surface area (Å²) in [7, 11) is 0. The Morgan fingerprint density at radius 3 is 2.74 bits per heavy atom. The molecule has 4 rings (SSSR count). The number of fused-ring (bicyclic) bond motifs is 2. The highest BCUT2D eigenvalue weighted by Crippen LogP contribution is 2.31. The van der Waals surface area contributed by atoms with Crippen LogP contribution in [0.1, 0.15) is 27.9 Å². The molecule has 2 amide bonds. The Morgan fingerprint density at radius 1 is 1.19 bits per heavy atom. The summed E-state index contributed by atoms with van der Waals surface area (Å²) in [6.07, 6.45) is -0.291. The zero-order valence-electron chi connectivity index (χ0n) is 14.5. The van der Waals surface area contributed by atoms with E-state index in [1.54, 1.807) is 4.90 Å². The maximum Gasteiger partial charge on any atom is 0.335 e. The number of nitrogens with one attached hydrogen (secondary N) is 1. The molecule has 1 unspecified atom stereocenters. The Morgan fingerprint density at radius 2 is 1.96 bits per heavy atom. The molecule has 2 aliphatic rings. The van der Waals surface area contributed by atoms with Crippen LogP contribution in [0.25, 0.3) is 0 Å². The number of benzene rings is 2. The Bertz CT molecular complexity index is 940. The first kappa shape index (κ1) is 17.1. The Kier molecular flexibility index (Phi) is 4.27. The number of nitrogens with zero attached hydrogens (tertiary/aromatic N) is 1. The number of rotatable bonds is 3. The van der Waals surface area contributed by atoms with Crippen LogP contribution in [0, 0.1) is 0 Å². The highest BCUT2D eigenvalue weighted by molar-refractivity contribution is 6.01. The number of carboxylic acids is 1. The Balaban J connectivity index is 1.47. The third kappa shape index (κ3) is 3.36. The molecule has 0 saturated heterocycles. The smallest absolute Gasteiger partial charge is 0.335 e. The van der Waals surface area contributed by atoms with Gasteiger partial charge in [0.25, 0.3) is 5.91 Å². The molecule has 27 heavy (non-hydrogen) atoms. The van der Waals surface area contributed by atoms with Gasteiger partial charge < -0.3 is 20.1 Å². The van der Waals surface area contributed by atoms with Crippen LogP contribution < -0.4 is 10.1 Å². The molecule has 0 aromatic heterocycles. The topological polar surface area (TPSA) is 95.9 Å². The summed E-state index contributed by atoms with van der Waals surface area (Å²) in [5.41, 5.74) is 2.81. The van der Waals surface area contributed by atoms with Crippen molar-refractivity contribution in [3.63, 3.8) is 0 Å². The van der Waals surface area contributed by atoms with E-state index in [9.17, 15) is 14.4 Å². The lowest BCUT2D eigenvalue weighted by Gasteiger charge is -2.31. The van der Waals surface area contributed by atoms with E-state index in [1.165, 1.54) is 23.8 Å². The number of carbonyl (C=O) groups excluding carboxylic acids is 2. The van der Waals surface area contributed by atoms with Crippen LogP contribution >= 0.6 is 0 Å². The number of carbonyl (C=O) groups is 3. The Hall–Kier alpha value is -3.35. The van der Waals surface area contributed by atoms with Gasteiger partial charge in [-0.05, 0) is 35.7 Å². The maximum absolute atomic E-state index is 12.7. The molecule has 0 spiro atoms. The number of carboxylic acid groups (broad SMARTS) is 1. The van der Waals surface area contributed by atoms with Crippen LogP contribution in [-0.4, -0.2) is 40.4 Å². The first-order chi connectivity index (χ1) is 13.0. The predicted molar refractivity (Wildman–Crippen MR) is 96.6 cm³/mol. The summed E-state index contributed by atoms with van der Waals surface area (Å²) < 4.78 is 5.64. The van der Waals surface area contributed by atoms with Crippen LogP contribution in [-0.2, 0) is 22.6 Å². The molecule has 0 bridgehead atoms. The average Bonchev–Trinajstić information content (AvgIpc) is 2.67. The minimum absolute atomic E-state index is 0.0580. The van der Waals surface area contributed by atoms with E-state index in [0.717, 1.165) is 12.0 Å². The van der Waals surface area contributed by atoms with Crippen molar-refractivity contribution in [1.82, 2.24) is 4.90 Å². The van der Waals surface area contributed by atoms with Gasteiger partial charge in [0.15, 0.2) is 6.10 Å². The van der Waals surface area contributed by atoms with Crippen molar-refractivity contribution < 1.29 is 24.2 Å². The van der Waals surface area contributed by atoms with Gasteiger partial charge >= 0.3 is 5.97 Å². The number of ether oxygens (including phenoxy) is 1. The van der Waals surface area contributed by atoms with Crippen molar-refractivity contribution in [1.29, 1.82) is 0 Å². The highest BCUT2D eigenvalue weighted by Gasteiger charge is 2.32. The fourth-order valence-electron chi connectivity index (χ4n) is 3.41. The van der Waals surface area contributed by atoms with E-state index in [1.807, 2.05) is 18.2 Å². The van der Waals surface area contributed by atoms with Crippen LogP contribution in [0.4, 0.5) is 5.69 Å². The number of amides is 2. The SMILES string of the molecule is O=C(O)c1ccc2c(c1)OC(CC(=O)N1CCc3ccccc3C1)C(=O)N2. The van der Waals surface area contributed by atoms with E-state index in [2.05, 4.69) is 11.4 Å². The van der Waals surface area contributed by atoms with Gasteiger partial charge in [0.05, 0.1) is 17.7 Å². The summed E-state index contributed by atoms with van der Waals surface area (Å²) in [5.74, 6) is -1.40. The van der Waals surface area contributed by atoms with E-state index in [4.69, 9.17) is 9.84 Å². The van der Waals surface area contributed by atoms with Gasteiger partial charge in [0, 0.05) is 13.1 Å². The minimum atomic E-state index is -1.09. The largest absolute Gasteiger partial charge is 0.478 e. The van der Waals surface area contributed by atoms with Crippen molar-refractivity contribution in [2.45, 2.75) is 25.5 Å². The standard InChI is InChI=1S/C20H18N2O5/c23-18(22-8-7-12-3-1-2-4-14(12)11-22)10-17-19(24)21-15-6-5-13(20(25)26)9-16(15)27-17/h1-6,9,17H,7-8,10-11H2,(H,21,24)(H,25,26). The van der Waals surface area contributed by atoms with Gasteiger partial charge in [-0.3, -0.25) is 9.59 Å². The summed E-state index contributed by atoms with van der Waals surface area (Å²) >= 11 is 0. The molecule has 0 aliphatic carbocycles. The molecule has 138 valence electrons. The normalized spacial score (nSPS) is 18.0. The van der Waals surface area contributed by atoms with Gasteiger partial charge in [-0.1, -0.05) is 24.3 Å². The summed E-state index contributed by atoms with van der Waals surface area (Å²) in [6.45, 7) is 1.12. The third-order valence-corrected chi connectivity index (χ3v) is 4.89. The molecule has 7 nitrogen and oxygen atoms in total. The molecule has 2 aromatic carbocycles. The van der Waals surface area contributed by atoms with Gasteiger partial charge in [-0.25, -0.2) is 4.79 Å². The average molecular weight is 366 g/mol. The third-order valence-electron chi connectivity index (χ3n) is 4.89. The monoisotopic (exact) mass is 366 g/mol. The first-order valence-electron chi connectivity index (χ1n) is 8.70. The number of anilines is 1. The lowest BCUT2D eigenvalue weighted by molar-refractivity contribution is -0.137. The molecule has 2 heterocycles. The predicted octanol–water partition coefficient (Wildman–Crippen LogP) is 2.06. The molecule has 2 aromatic rings. The molecule has 1 atom stereocenters. The molecule has 0 saturated carbocycles. The second-order valence-corrected chi connectivity index (χ2v) is 6.65. The van der Waals surface area contributed by atoms with Crippen molar-refractivity contribution in [3.05, 3.63) is 59.2 Å². The zero-order valence-corrected chi connectivity index (χ0v) is 14.5. The lowest BCUT2D eigenvalue weighted by atomic mass is 9.99. The summed E-state index contributed by atoms with van der Waals surface area (Å²) in [5, 5.41) is 11.8. The molecule has 7 heteroatoms. The number of hydrogen-bond acceptors (Lipinski definition) is 4. The quantitative estimate of drug-likeness (QED) is 0.867. The molecule has 0 fully saturated rings. The lowest BCUT2D eigenvalue weighted by Crippen LogP contribution is -2.43.